The number of hydrogen-bond acceptors (Lipinski definition) is 6. The molecule has 0 aliphatic heterocycles. The van der Waals surface area contributed by atoms with Gasteiger partial charge in [-0.25, -0.2) is 0 Å². The van der Waals surface area contributed by atoms with Gasteiger partial charge in [-0.1, -0.05) is 0 Å². The predicted octanol–water partition coefficient (Wildman–Crippen LogP) is 1.94. The van der Waals surface area contributed by atoms with E-state index < -0.39 is 16.5 Å². The van der Waals surface area contributed by atoms with Crippen molar-refractivity contribution in [3.05, 3.63) is 27.8 Å². The molecule has 1 rings (SSSR count). The third kappa shape index (κ3) is 4.84. The third-order valence-electron chi connectivity index (χ3n) is 3.84. The molecule has 2 amide bonds. The van der Waals surface area contributed by atoms with Gasteiger partial charge in [0.1, 0.15) is 5.56 Å². The van der Waals surface area contributed by atoms with E-state index in [9.17, 15) is 19.7 Å². The first-order valence-electron chi connectivity index (χ1n) is 8.32. The lowest BCUT2D eigenvalue weighted by Gasteiger charge is -2.23. The Kier molecular flexibility index (Phi) is 7.82. The summed E-state index contributed by atoms with van der Waals surface area (Å²) in [4.78, 5) is 38.4. The molecule has 1 aromatic rings. The van der Waals surface area contributed by atoms with Crippen molar-refractivity contribution in [1.82, 2.24) is 9.80 Å². The van der Waals surface area contributed by atoms with E-state index in [0.717, 1.165) is 11.0 Å². The molecule has 26 heavy (non-hydrogen) atoms. The molecule has 144 valence electrons. The number of methoxy groups -OCH3 is 1. The van der Waals surface area contributed by atoms with E-state index in [4.69, 9.17) is 9.47 Å². The lowest BCUT2D eigenvalue weighted by atomic mass is 10.1. The zero-order valence-electron chi connectivity index (χ0n) is 15.8. The second-order valence-electron chi connectivity index (χ2n) is 5.44. The van der Waals surface area contributed by atoms with Crippen LogP contribution < -0.4 is 9.47 Å². The van der Waals surface area contributed by atoms with Gasteiger partial charge in [0.05, 0.1) is 31.3 Å². The van der Waals surface area contributed by atoms with Gasteiger partial charge in [0, 0.05) is 26.2 Å². The van der Waals surface area contributed by atoms with Crippen molar-refractivity contribution in [1.29, 1.82) is 0 Å². The lowest BCUT2D eigenvalue weighted by Crippen LogP contribution is -2.41. The van der Waals surface area contributed by atoms with Crippen molar-refractivity contribution in [2.24, 2.45) is 0 Å². The van der Waals surface area contributed by atoms with Crippen LogP contribution in [0, 0.1) is 10.1 Å². The Morgan fingerprint density at radius 3 is 2.23 bits per heavy atom. The van der Waals surface area contributed by atoms with E-state index >= 15 is 0 Å². The molecule has 9 heteroatoms. The van der Waals surface area contributed by atoms with Crippen LogP contribution in [0.25, 0.3) is 0 Å². The summed E-state index contributed by atoms with van der Waals surface area (Å²) >= 11 is 0. The number of nitrogens with zero attached hydrogens (tertiary/aromatic N) is 3. The highest BCUT2D eigenvalue weighted by Gasteiger charge is 2.28. The average Bonchev–Trinajstić information content (AvgIpc) is 2.61. The van der Waals surface area contributed by atoms with Gasteiger partial charge < -0.3 is 19.3 Å². The Morgan fingerprint density at radius 1 is 1.15 bits per heavy atom. The van der Waals surface area contributed by atoms with Gasteiger partial charge in [0.15, 0.2) is 11.5 Å². The van der Waals surface area contributed by atoms with Crippen molar-refractivity contribution in [3.63, 3.8) is 0 Å². The lowest BCUT2D eigenvalue weighted by molar-refractivity contribution is -0.385. The molecule has 0 aromatic heterocycles. The number of nitro benzene ring substituents is 1. The summed E-state index contributed by atoms with van der Waals surface area (Å²) in [6.45, 7) is 6.57. The number of likely N-dealkylation sites (N-methyl/N-ethyl adjacent to an activating group) is 2. The predicted molar refractivity (Wildman–Crippen MR) is 95.7 cm³/mol. The number of ether oxygens (including phenoxy) is 2. The highest BCUT2D eigenvalue weighted by Crippen LogP contribution is 2.35. The van der Waals surface area contributed by atoms with Crippen LogP contribution >= 0.6 is 0 Å². The zero-order valence-corrected chi connectivity index (χ0v) is 15.8. The number of amides is 2. The molecular formula is C17H25N3O6. The van der Waals surface area contributed by atoms with Crippen LogP contribution in [0.15, 0.2) is 12.1 Å². The van der Waals surface area contributed by atoms with Gasteiger partial charge in [0.25, 0.3) is 11.6 Å². The fraction of sp³-hybridized carbons (Fsp3) is 0.529. The highest BCUT2D eigenvalue weighted by atomic mass is 16.6. The molecule has 0 bridgehead atoms. The van der Waals surface area contributed by atoms with Gasteiger partial charge >= 0.3 is 0 Å². The molecule has 0 radical (unpaired) electrons. The number of hydrogen-bond donors (Lipinski definition) is 0. The Balaban J connectivity index is 3.20. The minimum Gasteiger partial charge on any atom is -0.493 e. The number of carbonyl (C=O) groups is 2. The summed E-state index contributed by atoms with van der Waals surface area (Å²) in [7, 11) is 2.81. The van der Waals surface area contributed by atoms with Crippen LogP contribution in [-0.2, 0) is 4.79 Å². The zero-order chi connectivity index (χ0) is 19.9. The molecule has 0 heterocycles. The summed E-state index contributed by atoms with van der Waals surface area (Å²) in [6.07, 6.45) is 0. The van der Waals surface area contributed by atoms with E-state index in [-0.39, 0.29) is 29.5 Å². The summed E-state index contributed by atoms with van der Waals surface area (Å²) < 4.78 is 10.5. The first kappa shape index (κ1) is 21.2. The van der Waals surface area contributed by atoms with Crippen LogP contribution in [-0.4, -0.2) is 66.9 Å². The quantitative estimate of drug-likeness (QED) is 0.488. The summed E-state index contributed by atoms with van der Waals surface area (Å²) in [5, 5.41) is 11.4. The van der Waals surface area contributed by atoms with E-state index in [1.165, 1.54) is 20.2 Å². The first-order chi connectivity index (χ1) is 12.3. The van der Waals surface area contributed by atoms with Gasteiger partial charge in [-0.05, 0) is 20.8 Å². The molecular weight excluding hydrogens is 342 g/mol. The normalized spacial score (nSPS) is 10.2. The van der Waals surface area contributed by atoms with Crippen LogP contribution in [0.1, 0.15) is 31.1 Å². The van der Waals surface area contributed by atoms with Crippen LogP contribution in [0.2, 0.25) is 0 Å². The second-order valence-corrected chi connectivity index (χ2v) is 5.44. The summed E-state index contributed by atoms with van der Waals surface area (Å²) in [5.41, 5.74) is -0.563. The van der Waals surface area contributed by atoms with Crippen LogP contribution in [0.3, 0.4) is 0 Å². The average molecular weight is 367 g/mol. The van der Waals surface area contributed by atoms with Crippen molar-refractivity contribution < 1.29 is 24.0 Å². The van der Waals surface area contributed by atoms with Crippen molar-refractivity contribution in [2.45, 2.75) is 20.8 Å². The molecule has 0 fully saturated rings. The summed E-state index contributed by atoms with van der Waals surface area (Å²) in [5.74, 6) is -0.477. The topological polar surface area (TPSA) is 102 Å². The van der Waals surface area contributed by atoms with Crippen LogP contribution in [0.5, 0.6) is 11.5 Å². The number of rotatable bonds is 9. The minimum atomic E-state index is -0.657. The number of carbonyl (C=O) groups excluding carboxylic acids is 2. The Labute approximate surface area is 152 Å². The highest BCUT2D eigenvalue weighted by molar-refractivity contribution is 6.00. The number of benzene rings is 1. The molecule has 0 unspecified atom stereocenters. The molecule has 0 N–H and O–H groups in total. The van der Waals surface area contributed by atoms with E-state index in [2.05, 4.69) is 0 Å². The van der Waals surface area contributed by atoms with E-state index in [1.807, 2.05) is 13.8 Å². The standard InChI is InChI=1S/C17H25N3O6/c1-6-19(7-2)16(21)11-18(4)17(22)12-9-14(25-5)15(26-8-3)10-13(12)20(23)24/h9-10H,6-8,11H2,1-5H3. The van der Waals surface area contributed by atoms with E-state index in [1.54, 1.807) is 11.8 Å². The Bertz CT molecular complexity index is 673. The molecule has 0 spiro atoms. The molecule has 0 saturated carbocycles. The van der Waals surface area contributed by atoms with Gasteiger partial charge in [-0.15, -0.1) is 0 Å². The van der Waals surface area contributed by atoms with Crippen molar-refractivity contribution >= 4 is 17.5 Å². The minimum absolute atomic E-state index is 0.162. The smallest absolute Gasteiger partial charge is 0.286 e. The van der Waals surface area contributed by atoms with Gasteiger partial charge in [0.2, 0.25) is 5.91 Å². The Morgan fingerprint density at radius 2 is 1.77 bits per heavy atom. The fourth-order valence-corrected chi connectivity index (χ4v) is 2.46. The largest absolute Gasteiger partial charge is 0.493 e. The third-order valence-corrected chi connectivity index (χ3v) is 3.84. The van der Waals surface area contributed by atoms with Gasteiger partial charge in [-0.3, -0.25) is 19.7 Å². The van der Waals surface area contributed by atoms with Crippen molar-refractivity contribution in [2.75, 3.05) is 40.4 Å². The van der Waals surface area contributed by atoms with Crippen LogP contribution in [0.4, 0.5) is 5.69 Å². The first-order valence-corrected chi connectivity index (χ1v) is 8.32. The molecule has 0 aliphatic rings. The monoisotopic (exact) mass is 367 g/mol. The van der Waals surface area contributed by atoms with Gasteiger partial charge in [-0.2, -0.15) is 0 Å². The van der Waals surface area contributed by atoms with Crippen molar-refractivity contribution in [3.8, 4) is 11.5 Å². The molecule has 9 nitrogen and oxygen atoms in total. The Hall–Kier alpha value is -2.84. The van der Waals surface area contributed by atoms with E-state index in [0.29, 0.717) is 19.7 Å². The summed E-state index contributed by atoms with van der Waals surface area (Å²) in [6, 6.07) is 2.43. The number of nitro groups is 1. The maximum atomic E-state index is 12.7. The fourth-order valence-electron chi connectivity index (χ4n) is 2.46. The SMILES string of the molecule is CCOc1cc([N+](=O)[O-])c(C(=O)N(C)CC(=O)N(CC)CC)cc1OC. The molecule has 0 saturated heterocycles. The molecule has 0 aliphatic carbocycles. The molecule has 1 aromatic carbocycles. The maximum Gasteiger partial charge on any atom is 0.286 e. The molecule has 0 atom stereocenters. The maximum absolute atomic E-state index is 12.7. The second kappa shape index (κ2) is 9.59.